The van der Waals surface area contributed by atoms with Crippen LogP contribution >= 0.6 is 11.6 Å². The van der Waals surface area contributed by atoms with E-state index in [1.165, 1.54) is 0 Å². The van der Waals surface area contributed by atoms with Crippen LogP contribution in [-0.4, -0.2) is 16.1 Å². The average molecular weight is 293 g/mol. The van der Waals surface area contributed by atoms with Crippen molar-refractivity contribution in [3.63, 3.8) is 0 Å². The highest BCUT2D eigenvalue weighted by molar-refractivity contribution is 6.34. The minimum Gasteiger partial charge on any atom is -0.457 e. The molecule has 5 nitrogen and oxygen atoms in total. The molecule has 0 aliphatic rings. The summed E-state index contributed by atoms with van der Waals surface area (Å²) < 4.78 is 5.69. The van der Waals surface area contributed by atoms with Gasteiger partial charge in [0.2, 0.25) is 0 Å². The van der Waals surface area contributed by atoms with Crippen LogP contribution in [0.5, 0.6) is 11.5 Å². The summed E-state index contributed by atoms with van der Waals surface area (Å²) in [7, 11) is 0. The number of nitrogens with two attached hydrogens (primary N) is 1. The van der Waals surface area contributed by atoms with Gasteiger partial charge in [-0.05, 0) is 29.8 Å². The molecule has 104 valence electrons. The van der Waals surface area contributed by atoms with Gasteiger partial charge in [-0.2, -0.15) is 0 Å². The maximum Gasteiger partial charge on any atom is 0.175 e. The molecule has 6 heteroatoms. The normalized spacial score (nSPS) is 11.4. The van der Waals surface area contributed by atoms with Crippen LogP contribution in [0.15, 0.2) is 47.6 Å². The van der Waals surface area contributed by atoms with Crippen molar-refractivity contribution in [3.8, 4) is 11.5 Å². The van der Waals surface area contributed by atoms with Gasteiger partial charge >= 0.3 is 0 Å². The molecule has 2 aromatic rings. The van der Waals surface area contributed by atoms with Gasteiger partial charge in [0.1, 0.15) is 11.5 Å². The average Bonchev–Trinajstić information content (AvgIpc) is 2.47. The highest BCUT2D eigenvalue weighted by Gasteiger charge is 2.13. The maximum absolute atomic E-state index is 9.10. The minimum absolute atomic E-state index is 0.0835. The lowest BCUT2D eigenvalue weighted by Crippen LogP contribution is -2.14. The Balaban J connectivity index is 2.40. The van der Waals surface area contributed by atoms with E-state index in [1.807, 2.05) is 0 Å². The van der Waals surface area contributed by atoms with Gasteiger partial charge in [-0.3, -0.25) is 0 Å². The lowest BCUT2D eigenvalue weighted by molar-refractivity contribution is 0.281. The van der Waals surface area contributed by atoms with E-state index in [0.29, 0.717) is 22.1 Å². The number of ether oxygens (including phenoxy) is 1. The number of benzene rings is 2. The zero-order valence-electron chi connectivity index (χ0n) is 10.5. The standard InChI is InChI=1S/C14H13ClN2O3/c15-11-5-2-6-12(13(11)14(16)17-19)20-10-4-1-3-9(7-10)8-18/h1-7,18-19H,8H2,(H2,16,17). The number of hydrogen-bond acceptors (Lipinski definition) is 4. The molecule has 0 bridgehead atoms. The van der Waals surface area contributed by atoms with Gasteiger partial charge in [-0.25, -0.2) is 0 Å². The monoisotopic (exact) mass is 292 g/mol. The third kappa shape index (κ3) is 3.01. The van der Waals surface area contributed by atoms with Gasteiger partial charge in [-0.1, -0.05) is 35.0 Å². The summed E-state index contributed by atoms with van der Waals surface area (Å²) in [5.41, 5.74) is 6.63. The maximum atomic E-state index is 9.10. The summed E-state index contributed by atoms with van der Waals surface area (Å²) in [5.74, 6) is 0.748. The Bertz CT molecular complexity index is 644. The Morgan fingerprint density at radius 1 is 1.25 bits per heavy atom. The number of aliphatic hydroxyl groups excluding tert-OH is 1. The summed E-state index contributed by atoms with van der Waals surface area (Å²) in [6, 6.07) is 11.9. The fourth-order valence-electron chi connectivity index (χ4n) is 1.72. The first-order chi connectivity index (χ1) is 9.65. The second kappa shape index (κ2) is 6.27. The molecule has 0 aromatic heterocycles. The zero-order chi connectivity index (χ0) is 14.5. The molecule has 0 saturated carbocycles. The smallest absolute Gasteiger partial charge is 0.175 e. The molecule has 0 unspecified atom stereocenters. The van der Waals surface area contributed by atoms with Crippen LogP contribution < -0.4 is 10.5 Å². The predicted octanol–water partition coefficient (Wildman–Crippen LogP) is 2.72. The summed E-state index contributed by atoms with van der Waals surface area (Å²) >= 11 is 6.04. The number of nitrogens with zero attached hydrogens (tertiary/aromatic N) is 1. The van der Waals surface area contributed by atoms with E-state index in [9.17, 15) is 0 Å². The van der Waals surface area contributed by atoms with Crippen molar-refractivity contribution < 1.29 is 15.1 Å². The molecule has 0 spiro atoms. The Morgan fingerprint density at radius 2 is 2.00 bits per heavy atom. The van der Waals surface area contributed by atoms with Gasteiger partial charge in [0.15, 0.2) is 5.84 Å². The van der Waals surface area contributed by atoms with E-state index in [4.69, 9.17) is 32.4 Å². The molecule has 0 heterocycles. The molecular formula is C14H13ClN2O3. The number of amidine groups is 1. The number of oxime groups is 1. The minimum atomic E-state index is -0.135. The lowest BCUT2D eigenvalue weighted by atomic mass is 10.1. The second-order valence-corrected chi connectivity index (χ2v) is 4.41. The largest absolute Gasteiger partial charge is 0.457 e. The first-order valence-electron chi connectivity index (χ1n) is 5.79. The Morgan fingerprint density at radius 3 is 2.70 bits per heavy atom. The van der Waals surface area contributed by atoms with Crippen LogP contribution in [0.1, 0.15) is 11.1 Å². The van der Waals surface area contributed by atoms with E-state index < -0.39 is 0 Å². The molecule has 4 N–H and O–H groups in total. The molecule has 0 amide bonds. The van der Waals surface area contributed by atoms with Gasteiger partial charge in [-0.15, -0.1) is 0 Å². The van der Waals surface area contributed by atoms with Gasteiger partial charge in [0, 0.05) is 0 Å². The highest BCUT2D eigenvalue weighted by Crippen LogP contribution is 2.30. The Labute approximate surface area is 120 Å². The molecule has 0 aliphatic carbocycles. The fourth-order valence-corrected chi connectivity index (χ4v) is 1.98. The third-order valence-corrected chi connectivity index (χ3v) is 2.96. The number of halogens is 1. The van der Waals surface area contributed by atoms with Crippen LogP contribution in [0, 0.1) is 0 Å². The molecule has 0 saturated heterocycles. The summed E-state index contributed by atoms with van der Waals surface area (Å²) in [6.45, 7) is -0.0835. The van der Waals surface area contributed by atoms with Gasteiger partial charge in [0.25, 0.3) is 0 Å². The van der Waals surface area contributed by atoms with Gasteiger partial charge in [0.05, 0.1) is 17.2 Å². The zero-order valence-corrected chi connectivity index (χ0v) is 11.2. The van der Waals surface area contributed by atoms with Crippen molar-refractivity contribution in [1.82, 2.24) is 0 Å². The fraction of sp³-hybridized carbons (Fsp3) is 0.0714. The first kappa shape index (κ1) is 14.2. The van der Waals surface area contributed by atoms with Crippen LogP contribution in [0.2, 0.25) is 5.02 Å². The molecule has 2 rings (SSSR count). The van der Waals surface area contributed by atoms with Crippen molar-refractivity contribution >= 4 is 17.4 Å². The summed E-state index contributed by atoms with van der Waals surface area (Å²) in [5, 5.41) is 21.2. The molecule has 0 fully saturated rings. The molecule has 2 aromatic carbocycles. The topological polar surface area (TPSA) is 88.1 Å². The molecule has 0 radical (unpaired) electrons. The van der Waals surface area contributed by atoms with Crippen LogP contribution in [0.25, 0.3) is 0 Å². The van der Waals surface area contributed by atoms with Crippen molar-refractivity contribution in [2.45, 2.75) is 6.61 Å². The van der Waals surface area contributed by atoms with Crippen LogP contribution in [0.4, 0.5) is 0 Å². The van der Waals surface area contributed by atoms with E-state index in [0.717, 1.165) is 5.56 Å². The van der Waals surface area contributed by atoms with Crippen molar-refractivity contribution in [1.29, 1.82) is 0 Å². The molecule has 0 atom stereocenters. The predicted molar refractivity (Wildman–Crippen MR) is 76.4 cm³/mol. The summed E-state index contributed by atoms with van der Waals surface area (Å²) in [4.78, 5) is 0. The van der Waals surface area contributed by atoms with E-state index >= 15 is 0 Å². The van der Waals surface area contributed by atoms with E-state index in [1.54, 1.807) is 42.5 Å². The second-order valence-electron chi connectivity index (χ2n) is 4.01. The van der Waals surface area contributed by atoms with E-state index in [2.05, 4.69) is 5.16 Å². The van der Waals surface area contributed by atoms with Crippen molar-refractivity contribution in [3.05, 3.63) is 58.6 Å². The molecule has 20 heavy (non-hydrogen) atoms. The van der Waals surface area contributed by atoms with Crippen molar-refractivity contribution in [2.75, 3.05) is 0 Å². The quantitative estimate of drug-likeness (QED) is 0.350. The van der Waals surface area contributed by atoms with Crippen LogP contribution in [-0.2, 0) is 6.61 Å². The Kier molecular flexibility index (Phi) is 4.45. The molecule has 0 aliphatic heterocycles. The third-order valence-electron chi connectivity index (χ3n) is 2.65. The van der Waals surface area contributed by atoms with E-state index in [-0.39, 0.29) is 12.4 Å². The number of hydrogen-bond donors (Lipinski definition) is 3. The van der Waals surface area contributed by atoms with Crippen molar-refractivity contribution in [2.24, 2.45) is 10.9 Å². The SMILES string of the molecule is NC(=NO)c1c(Cl)cccc1Oc1cccc(CO)c1. The Hall–Kier alpha value is -2.24. The lowest BCUT2D eigenvalue weighted by Gasteiger charge is -2.12. The number of rotatable bonds is 4. The van der Waals surface area contributed by atoms with Gasteiger partial charge < -0.3 is 20.8 Å². The van der Waals surface area contributed by atoms with Crippen LogP contribution in [0.3, 0.4) is 0 Å². The molecular weight excluding hydrogens is 280 g/mol. The highest BCUT2D eigenvalue weighted by atomic mass is 35.5. The summed E-state index contributed by atoms with van der Waals surface area (Å²) in [6.07, 6.45) is 0. The number of aliphatic hydroxyl groups is 1. The first-order valence-corrected chi connectivity index (χ1v) is 6.17.